The van der Waals surface area contributed by atoms with Crippen LogP contribution in [0.4, 0.5) is 5.69 Å². The third kappa shape index (κ3) is 8.93. The SMILES string of the molecule is CC[C@@H](C)NC(=O)[C@@H](Cc1ccccc1)N(Cc1ccccc1Cl)C(=O)CN(c1ccc(C)cc1)S(=O)(=O)c1ccc(SC)cc1. The molecule has 10 heteroatoms. The van der Waals surface area contributed by atoms with Gasteiger partial charge in [-0.05, 0) is 80.1 Å². The average molecular weight is 678 g/mol. The third-order valence-corrected chi connectivity index (χ3v) is 10.7. The minimum absolute atomic E-state index is 0.00807. The van der Waals surface area contributed by atoms with E-state index in [2.05, 4.69) is 5.32 Å². The highest BCUT2D eigenvalue weighted by Gasteiger charge is 2.35. The zero-order chi connectivity index (χ0) is 33.3. The van der Waals surface area contributed by atoms with Crippen LogP contribution in [0.25, 0.3) is 0 Å². The summed E-state index contributed by atoms with van der Waals surface area (Å²) >= 11 is 8.08. The summed E-state index contributed by atoms with van der Waals surface area (Å²) in [6, 6.07) is 29.1. The second-order valence-electron chi connectivity index (χ2n) is 11.2. The first-order chi connectivity index (χ1) is 22.0. The van der Waals surface area contributed by atoms with Crippen molar-refractivity contribution in [1.29, 1.82) is 0 Å². The van der Waals surface area contributed by atoms with Crippen LogP contribution in [0, 0.1) is 6.92 Å². The molecular formula is C36H40ClN3O4S2. The van der Waals surface area contributed by atoms with Crippen LogP contribution in [-0.2, 0) is 32.6 Å². The molecular weight excluding hydrogens is 638 g/mol. The van der Waals surface area contributed by atoms with Gasteiger partial charge < -0.3 is 10.2 Å². The third-order valence-electron chi connectivity index (χ3n) is 7.82. The Morgan fingerprint density at radius 1 is 0.891 bits per heavy atom. The van der Waals surface area contributed by atoms with Crippen molar-refractivity contribution in [3.05, 3.63) is 125 Å². The molecule has 2 amide bonds. The van der Waals surface area contributed by atoms with Crippen LogP contribution in [0.1, 0.15) is 37.0 Å². The van der Waals surface area contributed by atoms with E-state index in [0.29, 0.717) is 22.7 Å². The maximum absolute atomic E-state index is 14.6. The maximum atomic E-state index is 14.6. The summed E-state index contributed by atoms with van der Waals surface area (Å²) in [4.78, 5) is 30.9. The van der Waals surface area contributed by atoms with Gasteiger partial charge in [0.1, 0.15) is 12.6 Å². The van der Waals surface area contributed by atoms with Gasteiger partial charge in [0.05, 0.1) is 10.6 Å². The van der Waals surface area contributed by atoms with Gasteiger partial charge in [-0.3, -0.25) is 13.9 Å². The van der Waals surface area contributed by atoms with Crippen LogP contribution in [0.2, 0.25) is 5.02 Å². The van der Waals surface area contributed by atoms with Crippen molar-refractivity contribution < 1.29 is 18.0 Å². The molecule has 0 heterocycles. The number of anilines is 1. The number of benzene rings is 4. The van der Waals surface area contributed by atoms with Crippen molar-refractivity contribution in [2.75, 3.05) is 17.1 Å². The van der Waals surface area contributed by atoms with Crippen molar-refractivity contribution in [1.82, 2.24) is 10.2 Å². The summed E-state index contributed by atoms with van der Waals surface area (Å²) in [6.07, 6.45) is 2.85. The van der Waals surface area contributed by atoms with Gasteiger partial charge in [-0.1, -0.05) is 84.8 Å². The first-order valence-corrected chi connectivity index (χ1v) is 18.2. The Kier molecular flexibility index (Phi) is 12.3. The molecule has 4 rings (SSSR count). The van der Waals surface area contributed by atoms with E-state index in [1.165, 1.54) is 16.7 Å². The molecule has 0 aliphatic rings. The fourth-order valence-electron chi connectivity index (χ4n) is 4.92. The molecule has 0 aromatic heterocycles. The van der Waals surface area contributed by atoms with Crippen LogP contribution in [0.3, 0.4) is 0 Å². The van der Waals surface area contributed by atoms with Crippen molar-refractivity contribution in [3.8, 4) is 0 Å². The van der Waals surface area contributed by atoms with E-state index in [4.69, 9.17) is 11.6 Å². The number of halogens is 1. The lowest BCUT2D eigenvalue weighted by atomic mass is 10.0. The molecule has 46 heavy (non-hydrogen) atoms. The zero-order valence-electron chi connectivity index (χ0n) is 26.5. The van der Waals surface area contributed by atoms with E-state index in [-0.39, 0.29) is 29.8 Å². The number of sulfonamides is 1. The first-order valence-electron chi connectivity index (χ1n) is 15.1. The van der Waals surface area contributed by atoms with E-state index in [1.807, 2.05) is 63.4 Å². The number of nitrogens with one attached hydrogen (secondary N) is 1. The highest BCUT2D eigenvalue weighted by Crippen LogP contribution is 2.27. The second kappa shape index (κ2) is 16.2. The lowest BCUT2D eigenvalue weighted by molar-refractivity contribution is -0.140. The van der Waals surface area contributed by atoms with Crippen LogP contribution >= 0.6 is 23.4 Å². The highest BCUT2D eigenvalue weighted by molar-refractivity contribution is 7.98. The molecule has 0 aliphatic heterocycles. The maximum Gasteiger partial charge on any atom is 0.264 e. The Labute approximate surface area is 282 Å². The minimum atomic E-state index is -4.18. The van der Waals surface area contributed by atoms with Gasteiger partial charge in [-0.2, -0.15) is 0 Å². The number of aryl methyl sites for hydroxylation is 1. The Morgan fingerprint density at radius 2 is 1.52 bits per heavy atom. The van der Waals surface area contributed by atoms with Gasteiger partial charge in [-0.25, -0.2) is 8.42 Å². The van der Waals surface area contributed by atoms with Crippen LogP contribution in [0.15, 0.2) is 113 Å². The van der Waals surface area contributed by atoms with E-state index in [9.17, 15) is 18.0 Å². The van der Waals surface area contributed by atoms with E-state index < -0.39 is 28.5 Å². The van der Waals surface area contributed by atoms with Crippen molar-refractivity contribution in [2.24, 2.45) is 0 Å². The van der Waals surface area contributed by atoms with Crippen molar-refractivity contribution in [2.45, 2.75) is 62.0 Å². The Morgan fingerprint density at radius 3 is 2.13 bits per heavy atom. The Bertz CT molecular complexity index is 1720. The molecule has 4 aromatic rings. The van der Waals surface area contributed by atoms with Crippen LogP contribution in [-0.4, -0.2) is 50.0 Å². The molecule has 2 atom stereocenters. The van der Waals surface area contributed by atoms with Gasteiger partial charge in [0, 0.05) is 28.9 Å². The molecule has 0 aliphatic carbocycles. The monoisotopic (exact) mass is 677 g/mol. The highest BCUT2D eigenvalue weighted by atomic mass is 35.5. The standard InChI is InChI=1S/C36H40ClN3O4S2/c1-5-27(3)38-36(42)34(23-28-11-7-6-8-12-28)39(24-29-13-9-10-14-33(29)37)35(41)25-40(30-17-15-26(2)16-18-30)46(43,44)32-21-19-31(45-4)20-22-32/h6-22,27,34H,5,23-25H2,1-4H3,(H,38,42)/t27-,34-/m1/s1. The molecule has 1 N–H and O–H groups in total. The lowest BCUT2D eigenvalue weighted by Crippen LogP contribution is -2.54. The zero-order valence-corrected chi connectivity index (χ0v) is 28.9. The fourth-order valence-corrected chi connectivity index (χ4v) is 6.94. The average Bonchev–Trinajstić information content (AvgIpc) is 3.06. The van der Waals surface area contributed by atoms with Gasteiger partial charge in [-0.15, -0.1) is 11.8 Å². The van der Waals surface area contributed by atoms with Crippen LogP contribution < -0.4 is 9.62 Å². The van der Waals surface area contributed by atoms with Crippen molar-refractivity contribution >= 4 is 50.9 Å². The number of carbonyl (C=O) groups is 2. The minimum Gasteiger partial charge on any atom is -0.352 e. The van der Waals surface area contributed by atoms with Crippen molar-refractivity contribution in [3.63, 3.8) is 0 Å². The van der Waals surface area contributed by atoms with Gasteiger partial charge in [0.15, 0.2) is 0 Å². The first kappa shape index (κ1) is 35.1. The summed E-state index contributed by atoms with van der Waals surface area (Å²) in [5.74, 6) is -0.860. The van der Waals surface area contributed by atoms with Gasteiger partial charge in [0.2, 0.25) is 11.8 Å². The molecule has 4 aromatic carbocycles. The number of carbonyl (C=O) groups excluding carboxylic acids is 2. The Balaban J connectivity index is 1.81. The molecule has 0 radical (unpaired) electrons. The second-order valence-corrected chi connectivity index (χ2v) is 14.3. The summed E-state index contributed by atoms with van der Waals surface area (Å²) in [5, 5.41) is 3.49. The summed E-state index contributed by atoms with van der Waals surface area (Å²) in [7, 11) is -4.18. The predicted octanol–water partition coefficient (Wildman–Crippen LogP) is 7.12. The molecule has 0 bridgehead atoms. The number of thioether (sulfide) groups is 1. The number of hydrogen-bond acceptors (Lipinski definition) is 5. The fraction of sp³-hybridized carbons (Fsp3) is 0.278. The van der Waals surface area contributed by atoms with Gasteiger partial charge in [0.25, 0.3) is 10.0 Å². The quantitative estimate of drug-likeness (QED) is 0.144. The lowest BCUT2D eigenvalue weighted by Gasteiger charge is -2.34. The molecule has 0 fully saturated rings. The number of hydrogen-bond donors (Lipinski definition) is 1. The Hall–Kier alpha value is -3.79. The van der Waals surface area contributed by atoms with Crippen LogP contribution in [0.5, 0.6) is 0 Å². The summed E-state index contributed by atoms with van der Waals surface area (Å²) in [6.45, 7) is 5.27. The molecule has 242 valence electrons. The smallest absolute Gasteiger partial charge is 0.264 e. The summed E-state index contributed by atoms with van der Waals surface area (Å²) < 4.78 is 29.5. The summed E-state index contributed by atoms with van der Waals surface area (Å²) in [5.41, 5.74) is 2.79. The van der Waals surface area contributed by atoms with Gasteiger partial charge >= 0.3 is 0 Å². The molecule has 0 saturated heterocycles. The largest absolute Gasteiger partial charge is 0.352 e. The number of rotatable bonds is 14. The number of amides is 2. The molecule has 0 spiro atoms. The predicted molar refractivity (Wildman–Crippen MR) is 188 cm³/mol. The topological polar surface area (TPSA) is 86.8 Å². The van der Waals surface area contributed by atoms with E-state index in [0.717, 1.165) is 20.3 Å². The van der Waals surface area contributed by atoms with E-state index in [1.54, 1.807) is 66.7 Å². The molecule has 0 saturated carbocycles. The molecule has 7 nitrogen and oxygen atoms in total. The van der Waals surface area contributed by atoms with E-state index >= 15 is 0 Å². The number of nitrogens with zero attached hydrogens (tertiary/aromatic N) is 2. The normalized spacial score (nSPS) is 12.6. The molecule has 0 unspecified atom stereocenters.